The predicted molar refractivity (Wildman–Crippen MR) is 57.6 cm³/mol. The minimum atomic E-state index is 0.292. The molecule has 0 radical (unpaired) electrons. The maximum absolute atomic E-state index is 5.83. The standard InChI is InChI=1S/C9H12Cl2S/c1-7(10)3-2-4-8-5-6-9(11)12-8/h5-7H,2-4H2,1H3. The Hall–Kier alpha value is 0.280. The van der Waals surface area contributed by atoms with Gasteiger partial charge in [-0.1, -0.05) is 11.6 Å². The predicted octanol–water partition coefficient (Wildman–Crippen LogP) is 4.35. The van der Waals surface area contributed by atoms with Crippen LogP contribution in [0.2, 0.25) is 4.34 Å². The van der Waals surface area contributed by atoms with Crippen molar-refractivity contribution in [1.82, 2.24) is 0 Å². The lowest BCUT2D eigenvalue weighted by Crippen LogP contribution is -1.91. The quantitative estimate of drug-likeness (QED) is 0.665. The van der Waals surface area contributed by atoms with E-state index in [-0.39, 0.29) is 0 Å². The maximum atomic E-state index is 5.83. The lowest BCUT2D eigenvalue weighted by Gasteiger charge is -1.99. The molecule has 0 saturated heterocycles. The van der Waals surface area contributed by atoms with E-state index in [1.807, 2.05) is 13.0 Å². The highest BCUT2D eigenvalue weighted by atomic mass is 35.5. The van der Waals surface area contributed by atoms with E-state index in [0.29, 0.717) is 5.38 Å². The third kappa shape index (κ3) is 3.79. The van der Waals surface area contributed by atoms with Gasteiger partial charge in [0.05, 0.1) is 4.34 Å². The van der Waals surface area contributed by atoms with Crippen LogP contribution in [0.1, 0.15) is 24.6 Å². The summed E-state index contributed by atoms with van der Waals surface area (Å²) in [6.45, 7) is 2.03. The molecule has 0 aromatic carbocycles. The normalized spacial score (nSPS) is 13.2. The van der Waals surface area contributed by atoms with Crippen molar-refractivity contribution >= 4 is 34.5 Å². The van der Waals surface area contributed by atoms with E-state index in [4.69, 9.17) is 23.2 Å². The Morgan fingerprint density at radius 1 is 1.50 bits per heavy atom. The van der Waals surface area contributed by atoms with Crippen molar-refractivity contribution in [1.29, 1.82) is 0 Å². The summed E-state index contributed by atoms with van der Waals surface area (Å²) in [6, 6.07) is 4.04. The molecule has 0 N–H and O–H groups in total. The second-order valence-corrected chi connectivity index (χ2v) is 5.42. The van der Waals surface area contributed by atoms with Gasteiger partial charge >= 0.3 is 0 Å². The third-order valence-corrected chi connectivity index (χ3v) is 3.16. The van der Waals surface area contributed by atoms with Crippen LogP contribution in [0.25, 0.3) is 0 Å². The first-order valence-corrected chi connectivity index (χ1v) is 5.70. The lowest BCUT2D eigenvalue weighted by atomic mass is 10.2. The van der Waals surface area contributed by atoms with Crippen molar-refractivity contribution in [3.8, 4) is 0 Å². The highest BCUT2D eigenvalue weighted by molar-refractivity contribution is 7.16. The summed E-state index contributed by atoms with van der Waals surface area (Å²) >= 11 is 13.3. The molecular weight excluding hydrogens is 211 g/mol. The molecule has 0 nitrogen and oxygen atoms in total. The van der Waals surface area contributed by atoms with Gasteiger partial charge in [-0.25, -0.2) is 0 Å². The summed E-state index contributed by atoms with van der Waals surface area (Å²) < 4.78 is 0.879. The van der Waals surface area contributed by atoms with Crippen LogP contribution in [-0.2, 0) is 6.42 Å². The summed E-state index contributed by atoms with van der Waals surface area (Å²) in [4.78, 5) is 1.36. The summed E-state index contributed by atoms with van der Waals surface area (Å²) in [5.74, 6) is 0. The van der Waals surface area contributed by atoms with Gasteiger partial charge < -0.3 is 0 Å². The van der Waals surface area contributed by atoms with Crippen molar-refractivity contribution in [2.24, 2.45) is 0 Å². The highest BCUT2D eigenvalue weighted by Gasteiger charge is 1.99. The molecule has 3 heteroatoms. The molecule has 1 atom stereocenters. The molecule has 0 aliphatic rings. The smallest absolute Gasteiger partial charge is 0.0931 e. The molecule has 1 unspecified atom stereocenters. The number of halogens is 2. The van der Waals surface area contributed by atoms with Crippen LogP contribution in [0.3, 0.4) is 0 Å². The maximum Gasteiger partial charge on any atom is 0.0931 e. The van der Waals surface area contributed by atoms with Crippen molar-refractivity contribution < 1.29 is 0 Å². The van der Waals surface area contributed by atoms with Gasteiger partial charge in [0.15, 0.2) is 0 Å². The van der Waals surface area contributed by atoms with Crippen LogP contribution in [-0.4, -0.2) is 5.38 Å². The molecule has 0 saturated carbocycles. The Bertz CT molecular complexity index is 230. The third-order valence-electron chi connectivity index (χ3n) is 1.65. The van der Waals surface area contributed by atoms with Gasteiger partial charge in [0, 0.05) is 10.3 Å². The van der Waals surface area contributed by atoms with Gasteiger partial charge in [0.25, 0.3) is 0 Å². The van der Waals surface area contributed by atoms with Crippen LogP contribution in [0.5, 0.6) is 0 Å². The van der Waals surface area contributed by atoms with Gasteiger partial charge in [0.2, 0.25) is 0 Å². The Morgan fingerprint density at radius 3 is 2.75 bits per heavy atom. The molecule has 0 aliphatic carbocycles. The summed E-state index contributed by atoms with van der Waals surface area (Å²) in [5.41, 5.74) is 0. The van der Waals surface area contributed by atoms with Gasteiger partial charge in [0.1, 0.15) is 0 Å². The Balaban J connectivity index is 2.24. The monoisotopic (exact) mass is 222 g/mol. The van der Waals surface area contributed by atoms with Crippen LogP contribution in [0, 0.1) is 0 Å². The summed E-state index contributed by atoms with van der Waals surface area (Å²) in [6.07, 6.45) is 3.34. The van der Waals surface area contributed by atoms with Crippen LogP contribution >= 0.6 is 34.5 Å². The molecule has 1 rings (SSSR count). The Labute approximate surface area is 87.5 Å². The first-order valence-electron chi connectivity index (χ1n) is 4.07. The largest absolute Gasteiger partial charge is 0.128 e. The fourth-order valence-electron chi connectivity index (χ4n) is 1.04. The van der Waals surface area contributed by atoms with Crippen LogP contribution in [0.4, 0.5) is 0 Å². The zero-order valence-corrected chi connectivity index (χ0v) is 9.35. The van der Waals surface area contributed by atoms with Gasteiger partial charge in [-0.3, -0.25) is 0 Å². The van der Waals surface area contributed by atoms with E-state index in [0.717, 1.165) is 23.6 Å². The Morgan fingerprint density at radius 2 is 2.25 bits per heavy atom. The van der Waals surface area contributed by atoms with Gasteiger partial charge in [-0.05, 0) is 38.3 Å². The van der Waals surface area contributed by atoms with Crippen LogP contribution in [0.15, 0.2) is 12.1 Å². The zero-order chi connectivity index (χ0) is 8.97. The summed E-state index contributed by atoms with van der Waals surface area (Å²) in [7, 11) is 0. The molecular formula is C9H12Cl2S. The van der Waals surface area contributed by atoms with E-state index in [2.05, 4.69) is 6.07 Å². The minimum Gasteiger partial charge on any atom is -0.128 e. The van der Waals surface area contributed by atoms with Gasteiger partial charge in [-0.15, -0.1) is 22.9 Å². The van der Waals surface area contributed by atoms with E-state index in [1.165, 1.54) is 4.88 Å². The number of hydrogen-bond acceptors (Lipinski definition) is 1. The first kappa shape index (κ1) is 10.4. The highest BCUT2D eigenvalue weighted by Crippen LogP contribution is 2.23. The number of hydrogen-bond donors (Lipinski definition) is 0. The molecule has 0 aliphatic heterocycles. The molecule has 1 heterocycles. The van der Waals surface area contributed by atoms with E-state index in [1.54, 1.807) is 11.3 Å². The average Bonchev–Trinajstić information content (AvgIpc) is 2.35. The topological polar surface area (TPSA) is 0 Å². The number of rotatable bonds is 4. The van der Waals surface area contributed by atoms with E-state index in [9.17, 15) is 0 Å². The molecule has 1 aromatic rings. The SMILES string of the molecule is CC(Cl)CCCc1ccc(Cl)s1. The number of alkyl halides is 1. The molecule has 0 spiro atoms. The fraction of sp³-hybridized carbons (Fsp3) is 0.556. The first-order chi connectivity index (χ1) is 5.68. The zero-order valence-electron chi connectivity index (χ0n) is 7.02. The molecule has 0 fully saturated rings. The average molecular weight is 223 g/mol. The van der Waals surface area contributed by atoms with E-state index >= 15 is 0 Å². The second kappa shape index (κ2) is 5.11. The fourth-order valence-corrected chi connectivity index (χ4v) is 2.33. The number of thiophene rings is 1. The Kier molecular flexibility index (Phi) is 4.41. The minimum absolute atomic E-state index is 0.292. The molecule has 0 bridgehead atoms. The van der Waals surface area contributed by atoms with Crippen molar-refractivity contribution in [2.75, 3.05) is 0 Å². The molecule has 68 valence electrons. The van der Waals surface area contributed by atoms with Gasteiger partial charge in [-0.2, -0.15) is 0 Å². The molecule has 1 aromatic heterocycles. The second-order valence-electron chi connectivity index (χ2n) is 2.88. The summed E-state index contributed by atoms with van der Waals surface area (Å²) in [5, 5.41) is 0.292. The van der Waals surface area contributed by atoms with Crippen molar-refractivity contribution in [2.45, 2.75) is 31.6 Å². The van der Waals surface area contributed by atoms with Crippen molar-refractivity contribution in [3.63, 3.8) is 0 Å². The number of aryl methyl sites for hydroxylation is 1. The lowest BCUT2D eigenvalue weighted by molar-refractivity contribution is 0.729. The molecule has 12 heavy (non-hydrogen) atoms. The van der Waals surface area contributed by atoms with E-state index < -0.39 is 0 Å². The molecule has 0 amide bonds. The van der Waals surface area contributed by atoms with Crippen LogP contribution < -0.4 is 0 Å². The van der Waals surface area contributed by atoms with Crippen molar-refractivity contribution in [3.05, 3.63) is 21.3 Å².